The molecule has 0 aliphatic carbocycles. The van der Waals surface area contributed by atoms with Crippen LogP contribution < -0.4 is 11.2 Å². The van der Waals surface area contributed by atoms with Crippen molar-refractivity contribution in [3.05, 3.63) is 21.9 Å². The molecule has 104 valence electrons. The second-order valence-corrected chi connectivity index (χ2v) is 6.68. The van der Waals surface area contributed by atoms with E-state index < -0.39 is 24.1 Å². The molecule has 0 bridgehead atoms. The van der Waals surface area contributed by atoms with Crippen molar-refractivity contribution in [3.63, 3.8) is 0 Å². The second-order valence-electron chi connectivity index (χ2n) is 5.89. The maximum absolute atomic E-state index is 13.8. The third kappa shape index (κ3) is 2.30. The molecule has 0 amide bonds. The summed E-state index contributed by atoms with van der Waals surface area (Å²) in [5.41, 5.74) is 6.36. The minimum atomic E-state index is -0.587. The average molecular weight is 330 g/mol. The SMILES string of the molecule is Cc1c(B2OC(C)(C)C(C)(C)O2)cc(F)c(N)c1Br. The molecule has 1 aliphatic heterocycles. The standard InChI is InChI=1S/C13H18BBrFNO2/c1-7-8(6-9(16)11(17)10(7)15)14-18-12(2,3)13(4,5)19-14/h6H,17H2,1-5H3. The molecule has 3 nitrogen and oxygen atoms in total. The van der Waals surface area contributed by atoms with Crippen LogP contribution in [0.1, 0.15) is 33.3 Å². The molecular formula is C13H18BBrFNO2. The lowest BCUT2D eigenvalue weighted by atomic mass is 9.76. The zero-order valence-electron chi connectivity index (χ0n) is 11.8. The first-order chi connectivity index (χ1) is 8.57. The Morgan fingerprint density at radius 1 is 1.21 bits per heavy atom. The first-order valence-corrected chi connectivity index (χ1v) is 6.96. The Morgan fingerprint density at radius 2 is 1.68 bits per heavy atom. The topological polar surface area (TPSA) is 44.5 Å². The van der Waals surface area contributed by atoms with Crippen LogP contribution in [0.5, 0.6) is 0 Å². The summed E-state index contributed by atoms with van der Waals surface area (Å²) in [7, 11) is -0.587. The van der Waals surface area contributed by atoms with Gasteiger partial charge in [0.25, 0.3) is 0 Å². The van der Waals surface area contributed by atoms with Crippen LogP contribution in [0, 0.1) is 12.7 Å². The van der Waals surface area contributed by atoms with E-state index in [2.05, 4.69) is 15.9 Å². The third-order valence-corrected chi connectivity index (χ3v) is 5.07. The van der Waals surface area contributed by atoms with Crippen LogP contribution in [0.3, 0.4) is 0 Å². The van der Waals surface area contributed by atoms with Gasteiger partial charge in [0.1, 0.15) is 5.82 Å². The van der Waals surface area contributed by atoms with Crippen LogP contribution in [0.2, 0.25) is 0 Å². The van der Waals surface area contributed by atoms with Gasteiger partial charge in [0.2, 0.25) is 0 Å². The number of nitrogens with two attached hydrogens (primary N) is 1. The van der Waals surface area contributed by atoms with Gasteiger partial charge in [-0.2, -0.15) is 0 Å². The van der Waals surface area contributed by atoms with Crippen molar-refractivity contribution in [2.24, 2.45) is 0 Å². The Morgan fingerprint density at radius 3 is 2.16 bits per heavy atom. The summed E-state index contributed by atoms with van der Waals surface area (Å²) < 4.78 is 26.2. The summed E-state index contributed by atoms with van der Waals surface area (Å²) in [4.78, 5) is 0. The molecule has 0 aromatic heterocycles. The molecule has 1 aliphatic rings. The normalized spacial score (nSPS) is 20.9. The maximum Gasteiger partial charge on any atom is 0.495 e. The highest BCUT2D eigenvalue weighted by atomic mass is 79.9. The number of halogens is 2. The van der Waals surface area contributed by atoms with Crippen molar-refractivity contribution in [2.75, 3.05) is 5.73 Å². The molecule has 0 spiro atoms. The molecule has 0 radical (unpaired) electrons. The Bertz CT molecular complexity index is 518. The molecule has 2 N–H and O–H groups in total. The number of hydrogen-bond acceptors (Lipinski definition) is 3. The Balaban J connectivity index is 2.46. The molecule has 1 saturated heterocycles. The van der Waals surface area contributed by atoms with Crippen LogP contribution in [0.25, 0.3) is 0 Å². The number of hydrogen-bond donors (Lipinski definition) is 1. The van der Waals surface area contributed by atoms with Gasteiger partial charge in [-0.25, -0.2) is 4.39 Å². The number of rotatable bonds is 1. The smallest absolute Gasteiger partial charge is 0.399 e. The van der Waals surface area contributed by atoms with Gasteiger partial charge in [-0.1, -0.05) is 0 Å². The average Bonchev–Trinajstić information content (AvgIpc) is 2.50. The van der Waals surface area contributed by atoms with E-state index in [0.717, 1.165) is 5.56 Å². The molecule has 6 heteroatoms. The fraction of sp³-hybridized carbons (Fsp3) is 0.538. The van der Waals surface area contributed by atoms with Crippen LogP contribution in [0.4, 0.5) is 10.1 Å². The number of anilines is 1. The van der Waals surface area contributed by atoms with Gasteiger partial charge < -0.3 is 15.0 Å². The van der Waals surface area contributed by atoms with E-state index in [4.69, 9.17) is 15.0 Å². The van der Waals surface area contributed by atoms with Crippen LogP contribution >= 0.6 is 15.9 Å². The fourth-order valence-electron chi connectivity index (χ4n) is 1.97. The third-order valence-electron chi connectivity index (χ3n) is 4.05. The van der Waals surface area contributed by atoms with E-state index in [1.165, 1.54) is 6.07 Å². The minimum absolute atomic E-state index is 0.109. The highest BCUT2D eigenvalue weighted by molar-refractivity contribution is 9.10. The maximum atomic E-state index is 13.8. The van der Waals surface area contributed by atoms with Crippen molar-refractivity contribution < 1.29 is 13.7 Å². The van der Waals surface area contributed by atoms with Crippen LogP contribution in [-0.4, -0.2) is 18.3 Å². The Labute approximate surface area is 121 Å². The van der Waals surface area contributed by atoms with Gasteiger partial charge >= 0.3 is 7.12 Å². The summed E-state index contributed by atoms with van der Waals surface area (Å²) in [6.07, 6.45) is 0. The van der Waals surface area contributed by atoms with Crippen LogP contribution in [0.15, 0.2) is 10.5 Å². The summed E-state index contributed by atoms with van der Waals surface area (Å²) in [6, 6.07) is 1.39. The van der Waals surface area contributed by atoms with Gasteiger partial charge in [-0.05, 0) is 67.6 Å². The molecular weight excluding hydrogens is 312 g/mol. The van der Waals surface area contributed by atoms with Crippen molar-refractivity contribution in [3.8, 4) is 0 Å². The molecule has 2 rings (SSSR count). The number of nitrogen functional groups attached to an aromatic ring is 1. The lowest BCUT2D eigenvalue weighted by molar-refractivity contribution is 0.00578. The van der Waals surface area contributed by atoms with Crippen molar-refractivity contribution >= 4 is 34.2 Å². The molecule has 1 fully saturated rings. The number of benzene rings is 1. The Kier molecular flexibility index (Phi) is 3.48. The highest BCUT2D eigenvalue weighted by Crippen LogP contribution is 2.37. The summed E-state index contributed by atoms with van der Waals surface area (Å²) in [6.45, 7) is 9.71. The van der Waals surface area contributed by atoms with E-state index in [1.807, 2.05) is 34.6 Å². The quantitative estimate of drug-likeness (QED) is 0.636. The summed E-state index contributed by atoms with van der Waals surface area (Å²) in [5, 5.41) is 0. The predicted molar refractivity (Wildman–Crippen MR) is 79.0 cm³/mol. The van der Waals surface area contributed by atoms with Crippen molar-refractivity contribution in [1.82, 2.24) is 0 Å². The molecule has 1 aromatic carbocycles. The predicted octanol–water partition coefficient (Wildman–Crippen LogP) is 2.78. The molecule has 0 unspecified atom stereocenters. The minimum Gasteiger partial charge on any atom is -0.399 e. The molecule has 1 heterocycles. The van der Waals surface area contributed by atoms with Gasteiger partial charge in [0, 0.05) is 4.47 Å². The Hall–Kier alpha value is -0.585. The fourth-order valence-corrected chi connectivity index (χ4v) is 2.39. The lowest BCUT2D eigenvalue weighted by Gasteiger charge is -2.32. The van der Waals surface area contributed by atoms with Crippen molar-refractivity contribution in [1.29, 1.82) is 0 Å². The van der Waals surface area contributed by atoms with Crippen molar-refractivity contribution in [2.45, 2.75) is 45.8 Å². The van der Waals surface area contributed by atoms with Crippen LogP contribution in [-0.2, 0) is 9.31 Å². The van der Waals surface area contributed by atoms with Gasteiger partial charge in [0.05, 0.1) is 16.9 Å². The monoisotopic (exact) mass is 329 g/mol. The van der Waals surface area contributed by atoms with Gasteiger partial charge in [0.15, 0.2) is 0 Å². The van der Waals surface area contributed by atoms with E-state index in [9.17, 15) is 4.39 Å². The molecule has 19 heavy (non-hydrogen) atoms. The molecule has 1 aromatic rings. The summed E-state index contributed by atoms with van der Waals surface area (Å²) >= 11 is 3.31. The van der Waals surface area contributed by atoms with E-state index in [-0.39, 0.29) is 5.69 Å². The largest absolute Gasteiger partial charge is 0.495 e. The first-order valence-electron chi connectivity index (χ1n) is 6.16. The second kappa shape index (κ2) is 4.47. The highest BCUT2D eigenvalue weighted by Gasteiger charge is 2.52. The zero-order chi connectivity index (χ0) is 14.6. The molecule has 0 saturated carbocycles. The lowest BCUT2D eigenvalue weighted by Crippen LogP contribution is -2.41. The van der Waals surface area contributed by atoms with Gasteiger partial charge in [-0.3, -0.25) is 0 Å². The van der Waals surface area contributed by atoms with E-state index in [0.29, 0.717) is 9.94 Å². The first kappa shape index (κ1) is 14.8. The summed E-state index contributed by atoms with van der Waals surface area (Å²) in [5.74, 6) is -0.470. The van der Waals surface area contributed by atoms with E-state index in [1.54, 1.807) is 0 Å². The van der Waals surface area contributed by atoms with Gasteiger partial charge in [-0.15, -0.1) is 0 Å². The molecule has 0 atom stereocenters. The van der Waals surface area contributed by atoms with E-state index >= 15 is 0 Å². The zero-order valence-corrected chi connectivity index (χ0v) is 13.4.